The molecule has 19 heavy (non-hydrogen) atoms. The molecule has 0 fully saturated rings. The molecule has 1 aromatic rings. The molecular weight excluding hydrogens is 248 g/mol. The van der Waals surface area contributed by atoms with Crippen LogP contribution in [0.5, 0.6) is 5.75 Å². The second-order valence-electron chi connectivity index (χ2n) is 4.22. The number of hydrogen-bond donors (Lipinski definition) is 0. The van der Waals surface area contributed by atoms with Crippen molar-refractivity contribution >= 4 is 11.6 Å². The Hall–Kier alpha value is -2.11. The van der Waals surface area contributed by atoms with E-state index >= 15 is 0 Å². The van der Waals surface area contributed by atoms with Crippen LogP contribution in [0.4, 0.5) is 5.69 Å². The third-order valence-corrected chi connectivity index (χ3v) is 2.82. The van der Waals surface area contributed by atoms with Gasteiger partial charge in [0.25, 0.3) is 5.91 Å². The SMILES string of the molecule is CCCCN(C)C(=O)c1ccc(OC)c([N+](=O)[O-])c1. The molecule has 0 aromatic heterocycles. The van der Waals surface area contributed by atoms with Gasteiger partial charge < -0.3 is 9.64 Å². The van der Waals surface area contributed by atoms with Crippen molar-refractivity contribution in [1.82, 2.24) is 4.90 Å². The van der Waals surface area contributed by atoms with Crippen LogP contribution >= 0.6 is 0 Å². The monoisotopic (exact) mass is 266 g/mol. The molecule has 0 aliphatic carbocycles. The molecule has 0 N–H and O–H groups in total. The molecule has 1 amide bonds. The van der Waals surface area contributed by atoms with Gasteiger partial charge in [-0.15, -0.1) is 0 Å². The maximum absolute atomic E-state index is 12.1. The highest BCUT2D eigenvalue weighted by Crippen LogP contribution is 2.27. The van der Waals surface area contributed by atoms with Crippen molar-refractivity contribution in [2.75, 3.05) is 20.7 Å². The maximum atomic E-state index is 12.1. The predicted octanol–water partition coefficient (Wildman–Crippen LogP) is 2.48. The first-order chi connectivity index (χ1) is 9.01. The lowest BCUT2D eigenvalue weighted by atomic mass is 10.1. The normalized spacial score (nSPS) is 10.1. The molecule has 6 nitrogen and oxygen atoms in total. The van der Waals surface area contributed by atoms with Crippen LogP contribution in [0.25, 0.3) is 0 Å². The molecule has 0 saturated heterocycles. The number of hydrogen-bond acceptors (Lipinski definition) is 4. The maximum Gasteiger partial charge on any atom is 0.311 e. The Bertz CT molecular complexity index is 474. The van der Waals surface area contributed by atoms with Crippen molar-refractivity contribution in [3.63, 3.8) is 0 Å². The third-order valence-electron chi connectivity index (χ3n) is 2.82. The summed E-state index contributed by atoms with van der Waals surface area (Å²) in [6, 6.07) is 4.24. The summed E-state index contributed by atoms with van der Waals surface area (Å²) in [6.45, 7) is 2.67. The number of nitro groups is 1. The van der Waals surface area contributed by atoms with E-state index in [2.05, 4.69) is 0 Å². The number of amides is 1. The lowest BCUT2D eigenvalue weighted by molar-refractivity contribution is -0.385. The fourth-order valence-corrected chi connectivity index (χ4v) is 1.68. The molecule has 6 heteroatoms. The van der Waals surface area contributed by atoms with Gasteiger partial charge in [0, 0.05) is 25.2 Å². The van der Waals surface area contributed by atoms with Gasteiger partial charge in [-0.2, -0.15) is 0 Å². The summed E-state index contributed by atoms with van der Waals surface area (Å²) < 4.78 is 4.90. The van der Waals surface area contributed by atoms with E-state index in [1.807, 2.05) is 6.92 Å². The fraction of sp³-hybridized carbons (Fsp3) is 0.462. The zero-order valence-electron chi connectivity index (χ0n) is 11.4. The van der Waals surface area contributed by atoms with Gasteiger partial charge >= 0.3 is 5.69 Å². The van der Waals surface area contributed by atoms with E-state index < -0.39 is 4.92 Å². The van der Waals surface area contributed by atoms with E-state index in [-0.39, 0.29) is 17.3 Å². The average Bonchev–Trinajstić information content (AvgIpc) is 2.42. The second-order valence-corrected chi connectivity index (χ2v) is 4.22. The van der Waals surface area contributed by atoms with Gasteiger partial charge in [0.05, 0.1) is 12.0 Å². The van der Waals surface area contributed by atoms with Crippen LogP contribution in [0.15, 0.2) is 18.2 Å². The number of unbranched alkanes of at least 4 members (excludes halogenated alkanes) is 1. The Morgan fingerprint density at radius 2 is 2.16 bits per heavy atom. The van der Waals surface area contributed by atoms with Crippen molar-refractivity contribution in [3.8, 4) is 5.75 Å². The van der Waals surface area contributed by atoms with Crippen LogP contribution in [-0.2, 0) is 0 Å². The number of nitrogens with zero attached hydrogens (tertiary/aromatic N) is 2. The van der Waals surface area contributed by atoms with E-state index in [0.717, 1.165) is 12.8 Å². The van der Waals surface area contributed by atoms with E-state index in [9.17, 15) is 14.9 Å². The van der Waals surface area contributed by atoms with Crippen molar-refractivity contribution in [1.29, 1.82) is 0 Å². The molecule has 0 unspecified atom stereocenters. The summed E-state index contributed by atoms with van der Waals surface area (Å²) in [6.07, 6.45) is 1.89. The molecule has 0 saturated carbocycles. The van der Waals surface area contributed by atoms with Gasteiger partial charge in [-0.1, -0.05) is 13.3 Å². The fourth-order valence-electron chi connectivity index (χ4n) is 1.68. The quantitative estimate of drug-likeness (QED) is 0.585. The lowest BCUT2D eigenvalue weighted by Gasteiger charge is -2.16. The van der Waals surface area contributed by atoms with Gasteiger partial charge in [-0.05, 0) is 18.6 Å². The number of methoxy groups -OCH3 is 1. The summed E-state index contributed by atoms with van der Waals surface area (Å²) in [5.41, 5.74) is 0.100. The highest BCUT2D eigenvalue weighted by molar-refractivity contribution is 5.95. The molecule has 0 bridgehead atoms. The molecule has 1 rings (SSSR count). The van der Waals surface area contributed by atoms with Gasteiger partial charge in [0.2, 0.25) is 0 Å². The van der Waals surface area contributed by atoms with Gasteiger partial charge in [0.15, 0.2) is 5.75 Å². The van der Waals surface area contributed by atoms with Crippen molar-refractivity contribution in [3.05, 3.63) is 33.9 Å². The third kappa shape index (κ3) is 3.67. The Morgan fingerprint density at radius 3 is 2.68 bits per heavy atom. The molecule has 0 atom stereocenters. The topological polar surface area (TPSA) is 72.7 Å². The predicted molar refractivity (Wildman–Crippen MR) is 71.5 cm³/mol. The van der Waals surface area contributed by atoms with Gasteiger partial charge in [0.1, 0.15) is 0 Å². The first-order valence-corrected chi connectivity index (χ1v) is 6.09. The molecule has 0 aliphatic rings. The first kappa shape index (κ1) is 14.9. The summed E-state index contributed by atoms with van der Waals surface area (Å²) in [5, 5.41) is 10.9. The molecule has 0 aliphatic heterocycles. The lowest BCUT2D eigenvalue weighted by Crippen LogP contribution is -2.27. The van der Waals surface area contributed by atoms with Crippen LogP contribution in [0.2, 0.25) is 0 Å². The Balaban J connectivity index is 2.98. The summed E-state index contributed by atoms with van der Waals surface area (Å²) in [4.78, 5) is 24.0. The van der Waals surface area contributed by atoms with Crippen molar-refractivity contribution < 1.29 is 14.5 Å². The molecule has 1 aromatic carbocycles. The van der Waals surface area contributed by atoms with E-state index in [1.165, 1.54) is 25.3 Å². The highest BCUT2D eigenvalue weighted by Gasteiger charge is 2.19. The molecule has 0 radical (unpaired) electrons. The second kappa shape index (κ2) is 6.72. The Kier molecular flexibility index (Phi) is 5.29. The standard InChI is InChI=1S/C13H18N2O4/c1-4-5-8-14(2)13(16)10-6-7-12(19-3)11(9-10)15(17)18/h6-7,9H,4-5,8H2,1-3H3. The Morgan fingerprint density at radius 1 is 1.47 bits per heavy atom. The van der Waals surface area contributed by atoms with Crippen LogP contribution in [0.3, 0.4) is 0 Å². The minimum absolute atomic E-state index is 0.151. The number of carbonyl (C=O) groups excluding carboxylic acids is 1. The van der Waals surface area contributed by atoms with E-state index in [4.69, 9.17) is 4.74 Å². The summed E-state index contributed by atoms with van der Waals surface area (Å²) in [5.74, 6) is -0.0723. The minimum Gasteiger partial charge on any atom is -0.490 e. The van der Waals surface area contributed by atoms with Crippen LogP contribution in [0.1, 0.15) is 30.1 Å². The molecule has 0 spiro atoms. The summed E-state index contributed by atoms with van der Waals surface area (Å²) >= 11 is 0. The van der Waals surface area contributed by atoms with Gasteiger partial charge in [-0.3, -0.25) is 14.9 Å². The van der Waals surface area contributed by atoms with Gasteiger partial charge in [-0.25, -0.2) is 0 Å². The average molecular weight is 266 g/mol. The minimum atomic E-state index is -0.554. The molecular formula is C13H18N2O4. The smallest absolute Gasteiger partial charge is 0.311 e. The Labute approximate surface area is 112 Å². The molecule has 104 valence electrons. The summed E-state index contributed by atoms with van der Waals surface area (Å²) in [7, 11) is 3.05. The largest absolute Gasteiger partial charge is 0.490 e. The number of carbonyl (C=O) groups is 1. The van der Waals surface area contributed by atoms with Crippen LogP contribution in [-0.4, -0.2) is 36.4 Å². The van der Waals surface area contributed by atoms with Crippen molar-refractivity contribution in [2.24, 2.45) is 0 Å². The number of nitro benzene ring substituents is 1. The zero-order chi connectivity index (χ0) is 14.4. The van der Waals surface area contributed by atoms with Crippen LogP contribution < -0.4 is 4.74 Å². The van der Waals surface area contributed by atoms with E-state index in [1.54, 1.807) is 11.9 Å². The molecule has 0 heterocycles. The number of benzene rings is 1. The van der Waals surface area contributed by atoms with E-state index in [0.29, 0.717) is 12.1 Å². The van der Waals surface area contributed by atoms with Crippen LogP contribution in [0, 0.1) is 10.1 Å². The first-order valence-electron chi connectivity index (χ1n) is 6.09. The number of ether oxygens (including phenoxy) is 1. The van der Waals surface area contributed by atoms with Crippen molar-refractivity contribution in [2.45, 2.75) is 19.8 Å². The zero-order valence-corrected chi connectivity index (χ0v) is 11.4. The highest BCUT2D eigenvalue weighted by atomic mass is 16.6. The number of rotatable bonds is 6.